The van der Waals surface area contributed by atoms with Crippen molar-refractivity contribution >= 4 is 33.5 Å². The van der Waals surface area contributed by atoms with Crippen molar-refractivity contribution < 1.29 is 27.6 Å². The molecule has 2 aliphatic heterocycles. The van der Waals surface area contributed by atoms with Gasteiger partial charge in [0.1, 0.15) is 17.8 Å². The molecule has 4 rings (SSSR count). The van der Waals surface area contributed by atoms with E-state index in [-0.39, 0.29) is 36.3 Å². The van der Waals surface area contributed by atoms with E-state index in [1.54, 1.807) is 48.5 Å². The highest BCUT2D eigenvalue weighted by atomic mass is 32.2. The number of piperazine rings is 1. The Morgan fingerprint density at radius 1 is 0.972 bits per heavy atom. The summed E-state index contributed by atoms with van der Waals surface area (Å²) < 4.78 is 25.4. The number of benzene rings is 2. The molecular weight excluding hydrogens is 484 g/mol. The molecule has 0 radical (unpaired) electrons. The number of hydrogen-bond acceptors (Lipinski definition) is 6. The second-order valence-corrected chi connectivity index (χ2v) is 10.8. The Balaban J connectivity index is 1.53. The van der Waals surface area contributed by atoms with Crippen molar-refractivity contribution in [3.8, 4) is 0 Å². The molecule has 0 bridgehead atoms. The number of amides is 4. The Morgan fingerprint density at radius 3 is 2.31 bits per heavy atom. The van der Waals surface area contributed by atoms with Crippen molar-refractivity contribution in [1.29, 1.82) is 0 Å². The van der Waals surface area contributed by atoms with Crippen LogP contribution >= 0.6 is 0 Å². The van der Waals surface area contributed by atoms with Gasteiger partial charge in [0, 0.05) is 25.2 Å². The lowest BCUT2D eigenvalue weighted by molar-refractivity contribution is -0.137. The maximum atomic E-state index is 13.3. The first-order valence-electron chi connectivity index (χ1n) is 11.8. The molecular formula is C25H28N4O6S. The SMILES string of the molecule is O=C1NCCC[C@@H]1NC(=O)[C@@H]1CN(C(=O)CS(=O)(=O)c2ccccc2)CCN1C(=O)c1ccccc1. The third-order valence-corrected chi connectivity index (χ3v) is 7.95. The Morgan fingerprint density at radius 2 is 1.64 bits per heavy atom. The molecule has 2 aromatic rings. The van der Waals surface area contributed by atoms with Gasteiger partial charge >= 0.3 is 0 Å². The van der Waals surface area contributed by atoms with Crippen LogP contribution < -0.4 is 10.6 Å². The molecule has 0 spiro atoms. The molecule has 4 amide bonds. The molecule has 10 nitrogen and oxygen atoms in total. The van der Waals surface area contributed by atoms with Gasteiger partial charge in [0.2, 0.25) is 17.7 Å². The zero-order valence-corrected chi connectivity index (χ0v) is 20.4. The topological polar surface area (TPSA) is 133 Å². The highest BCUT2D eigenvalue weighted by molar-refractivity contribution is 7.92. The van der Waals surface area contributed by atoms with Gasteiger partial charge < -0.3 is 20.4 Å². The Kier molecular flexibility index (Phi) is 7.68. The summed E-state index contributed by atoms with van der Waals surface area (Å²) in [6.07, 6.45) is 1.17. The normalized spacial score (nSPS) is 20.4. The van der Waals surface area contributed by atoms with Crippen LogP contribution in [0.15, 0.2) is 65.6 Å². The molecule has 36 heavy (non-hydrogen) atoms. The first-order chi connectivity index (χ1) is 17.3. The molecule has 2 aromatic carbocycles. The first-order valence-corrected chi connectivity index (χ1v) is 13.4. The number of piperidine rings is 1. The summed E-state index contributed by atoms with van der Waals surface area (Å²) >= 11 is 0. The monoisotopic (exact) mass is 512 g/mol. The molecule has 190 valence electrons. The number of nitrogens with one attached hydrogen (secondary N) is 2. The van der Waals surface area contributed by atoms with Crippen molar-refractivity contribution in [3.63, 3.8) is 0 Å². The molecule has 11 heteroatoms. The van der Waals surface area contributed by atoms with Crippen LogP contribution in [0.1, 0.15) is 23.2 Å². The molecule has 0 aromatic heterocycles. The van der Waals surface area contributed by atoms with E-state index in [1.165, 1.54) is 21.9 Å². The fraction of sp³-hybridized carbons (Fsp3) is 0.360. The number of carbonyl (C=O) groups is 4. The lowest BCUT2D eigenvalue weighted by Gasteiger charge is -2.41. The maximum Gasteiger partial charge on any atom is 0.254 e. The van der Waals surface area contributed by atoms with E-state index < -0.39 is 39.5 Å². The largest absolute Gasteiger partial charge is 0.354 e. The summed E-state index contributed by atoms with van der Waals surface area (Å²) in [5.74, 6) is -2.65. The number of sulfone groups is 1. The van der Waals surface area contributed by atoms with Crippen LogP contribution in [0.25, 0.3) is 0 Å². The molecule has 2 saturated heterocycles. The molecule has 0 aliphatic carbocycles. The summed E-state index contributed by atoms with van der Waals surface area (Å²) in [6, 6.07) is 14.3. The van der Waals surface area contributed by atoms with Crippen molar-refractivity contribution in [2.24, 2.45) is 0 Å². The number of rotatable bonds is 6. The molecule has 2 heterocycles. The lowest BCUT2D eigenvalue weighted by Crippen LogP contribution is -2.64. The van der Waals surface area contributed by atoms with Gasteiger partial charge in [-0.1, -0.05) is 36.4 Å². The van der Waals surface area contributed by atoms with E-state index in [0.717, 1.165) is 0 Å². The summed E-state index contributed by atoms with van der Waals surface area (Å²) in [5.41, 5.74) is 0.386. The van der Waals surface area contributed by atoms with Crippen LogP contribution in [-0.2, 0) is 24.2 Å². The summed E-state index contributed by atoms with van der Waals surface area (Å²) in [6.45, 7) is 0.475. The van der Waals surface area contributed by atoms with Crippen LogP contribution in [-0.4, -0.2) is 85.9 Å². The van der Waals surface area contributed by atoms with Crippen LogP contribution in [0.4, 0.5) is 0 Å². The van der Waals surface area contributed by atoms with Crippen molar-refractivity contribution in [2.45, 2.75) is 29.8 Å². The minimum absolute atomic E-state index is 0.0360. The van der Waals surface area contributed by atoms with Crippen molar-refractivity contribution in [3.05, 3.63) is 66.2 Å². The molecule has 0 saturated carbocycles. The Bertz CT molecular complexity index is 1240. The van der Waals surface area contributed by atoms with E-state index in [4.69, 9.17) is 0 Å². The fourth-order valence-electron chi connectivity index (χ4n) is 4.37. The zero-order valence-electron chi connectivity index (χ0n) is 19.6. The van der Waals surface area contributed by atoms with Gasteiger partial charge in [-0.25, -0.2) is 8.42 Å². The third kappa shape index (κ3) is 5.73. The van der Waals surface area contributed by atoms with Gasteiger partial charge in [-0.15, -0.1) is 0 Å². The predicted molar refractivity (Wildman–Crippen MR) is 131 cm³/mol. The average molecular weight is 513 g/mol. The molecule has 2 aliphatic rings. The zero-order chi connectivity index (χ0) is 25.7. The van der Waals surface area contributed by atoms with Crippen LogP contribution in [0.2, 0.25) is 0 Å². The highest BCUT2D eigenvalue weighted by Crippen LogP contribution is 2.18. The van der Waals surface area contributed by atoms with Gasteiger partial charge in [-0.3, -0.25) is 19.2 Å². The average Bonchev–Trinajstić information content (AvgIpc) is 2.90. The van der Waals surface area contributed by atoms with E-state index >= 15 is 0 Å². The van der Waals surface area contributed by atoms with E-state index in [1.807, 2.05) is 0 Å². The van der Waals surface area contributed by atoms with Crippen molar-refractivity contribution in [2.75, 3.05) is 31.9 Å². The van der Waals surface area contributed by atoms with Gasteiger partial charge in [-0.05, 0) is 37.1 Å². The fourth-order valence-corrected chi connectivity index (χ4v) is 5.61. The summed E-state index contributed by atoms with van der Waals surface area (Å²) in [4.78, 5) is 54.4. The quantitative estimate of drug-likeness (QED) is 0.569. The highest BCUT2D eigenvalue weighted by Gasteiger charge is 2.39. The second-order valence-electron chi connectivity index (χ2n) is 8.79. The van der Waals surface area contributed by atoms with Crippen molar-refractivity contribution in [1.82, 2.24) is 20.4 Å². The van der Waals surface area contributed by atoms with E-state index in [2.05, 4.69) is 10.6 Å². The minimum atomic E-state index is -3.87. The molecule has 2 atom stereocenters. The third-order valence-electron chi connectivity index (χ3n) is 6.33. The van der Waals surface area contributed by atoms with Gasteiger partial charge in [0.15, 0.2) is 9.84 Å². The minimum Gasteiger partial charge on any atom is -0.354 e. The van der Waals surface area contributed by atoms with Gasteiger partial charge in [0.25, 0.3) is 5.91 Å². The molecule has 2 fully saturated rings. The molecule has 2 N–H and O–H groups in total. The summed E-state index contributed by atoms with van der Waals surface area (Å²) in [5, 5.41) is 5.41. The first kappa shape index (κ1) is 25.4. The van der Waals surface area contributed by atoms with Gasteiger partial charge in [-0.2, -0.15) is 0 Å². The van der Waals surface area contributed by atoms with Crippen LogP contribution in [0.3, 0.4) is 0 Å². The van der Waals surface area contributed by atoms with E-state index in [0.29, 0.717) is 24.9 Å². The molecule has 0 unspecified atom stereocenters. The Hall–Kier alpha value is -3.73. The number of hydrogen-bond donors (Lipinski definition) is 2. The summed E-state index contributed by atoms with van der Waals surface area (Å²) in [7, 11) is -3.87. The number of nitrogens with zero attached hydrogens (tertiary/aromatic N) is 2. The van der Waals surface area contributed by atoms with Crippen LogP contribution in [0.5, 0.6) is 0 Å². The smallest absolute Gasteiger partial charge is 0.254 e. The van der Waals surface area contributed by atoms with E-state index in [9.17, 15) is 27.6 Å². The van der Waals surface area contributed by atoms with Gasteiger partial charge in [0.05, 0.1) is 11.4 Å². The predicted octanol–water partition coefficient (Wildman–Crippen LogP) is 0.208. The second kappa shape index (κ2) is 10.9. The lowest BCUT2D eigenvalue weighted by atomic mass is 10.0. The standard InChI is InChI=1S/C25H28N4O6S/c30-22(17-36(34,35)19-10-5-2-6-11-19)28-14-15-29(25(33)18-8-3-1-4-9-18)21(16-28)24(32)27-20-12-7-13-26-23(20)31/h1-6,8-11,20-21H,7,12-17H2,(H,26,31)(H,27,32)/t20-,21-/m0/s1. The van der Waals surface area contributed by atoms with Crippen LogP contribution in [0, 0.1) is 0 Å². The maximum absolute atomic E-state index is 13.3. The Labute approximate surface area is 209 Å². The number of carbonyl (C=O) groups excluding carboxylic acids is 4.